The minimum absolute atomic E-state index is 0.357. The zero-order valence-electron chi connectivity index (χ0n) is 11.0. The van der Waals surface area contributed by atoms with Gasteiger partial charge in [-0.3, -0.25) is 0 Å². The lowest BCUT2D eigenvalue weighted by Crippen LogP contribution is -2.28. The Hall–Kier alpha value is -1.04. The molecule has 1 aliphatic rings. The molecule has 0 saturated carbocycles. The van der Waals surface area contributed by atoms with Crippen molar-refractivity contribution in [3.8, 4) is 0 Å². The molecule has 0 aliphatic carbocycles. The highest BCUT2D eigenvalue weighted by Crippen LogP contribution is 2.29. The van der Waals surface area contributed by atoms with Crippen LogP contribution >= 0.6 is 23.4 Å². The number of hydrogen-bond donors (Lipinski definition) is 1. The van der Waals surface area contributed by atoms with E-state index in [2.05, 4.69) is 15.5 Å². The van der Waals surface area contributed by atoms with Crippen LogP contribution in [-0.2, 0) is 5.75 Å². The lowest BCUT2D eigenvalue weighted by molar-refractivity contribution is 0.320. The third kappa shape index (κ3) is 3.34. The number of halogens is 1. The van der Waals surface area contributed by atoms with Crippen molar-refractivity contribution in [3.05, 3.63) is 41.0 Å². The second-order valence-electron chi connectivity index (χ2n) is 4.81. The van der Waals surface area contributed by atoms with Crippen molar-refractivity contribution >= 4 is 23.4 Å². The molecule has 1 saturated heterocycles. The van der Waals surface area contributed by atoms with Crippen molar-refractivity contribution in [1.29, 1.82) is 0 Å². The van der Waals surface area contributed by atoms with E-state index >= 15 is 0 Å². The monoisotopic (exact) mass is 309 g/mol. The SMILES string of the molecule is Clc1ccccc1SCc1noc([C@H]2CCCNC2)n1. The van der Waals surface area contributed by atoms with Gasteiger partial charge in [-0.05, 0) is 31.5 Å². The highest BCUT2D eigenvalue weighted by Gasteiger charge is 2.21. The second kappa shape index (κ2) is 6.61. The topological polar surface area (TPSA) is 51.0 Å². The van der Waals surface area contributed by atoms with E-state index in [1.54, 1.807) is 11.8 Å². The van der Waals surface area contributed by atoms with Gasteiger partial charge in [-0.15, -0.1) is 11.8 Å². The van der Waals surface area contributed by atoms with Crippen LogP contribution in [0.15, 0.2) is 33.7 Å². The van der Waals surface area contributed by atoms with Crippen molar-refractivity contribution in [1.82, 2.24) is 15.5 Å². The maximum Gasteiger partial charge on any atom is 0.231 e. The summed E-state index contributed by atoms with van der Waals surface area (Å²) < 4.78 is 5.38. The molecule has 2 aromatic rings. The number of rotatable bonds is 4. The second-order valence-corrected chi connectivity index (χ2v) is 6.24. The fourth-order valence-electron chi connectivity index (χ4n) is 2.26. The Bertz CT molecular complexity index is 569. The van der Waals surface area contributed by atoms with E-state index in [1.165, 1.54) is 0 Å². The quantitative estimate of drug-likeness (QED) is 0.876. The Morgan fingerprint density at radius 2 is 2.30 bits per heavy atom. The van der Waals surface area contributed by atoms with Gasteiger partial charge in [0.1, 0.15) is 0 Å². The maximum absolute atomic E-state index is 6.12. The number of hydrogen-bond acceptors (Lipinski definition) is 5. The van der Waals surface area contributed by atoms with E-state index in [4.69, 9.17) is 16.1 Å². The molecule has 3 rings (SSSR count). The molecule has 0 bridgehead atoms. The maximum atomic E-state index is 6.12. The molecular weight excluding hydrogens is 294 g/mol. The largest absolute Gasteiger partial charge is 0.339 e. The smallest absolute Gasteiger partial charge is 0.231 e. The van der Waals surface area contributed by atoms with Crippen LogP contribution in [0.3, 0.4) is 0 Å². The van der Waals surface area contributed by atoms with Crippen LogP contribution in [-0.4, -0.2) is 23.2 Å². The standard InChI is InChI=1S/C14H16ClN3OS/c15-11-5-1-2-6-12(11)20-9-13-17-14(19-18-13)10-4-3-7-16-8-10/h1-2,5-6,10,16H,3-4,7-9H2/t10-/m0/s1. The Kier molecular flexibility index (Phi) is 4.60. The summed E-state index contributed by atoms with van der Waals surface area (Å²) in [6.45, 7) is 2.01. The normalized spacial score (nSPS) is 19.1. The highest BCUT2D eigenvalue weighted by molar-refractivity contribution is 7.98. The summed E-state index contributed by atoms with van der Waals surface area (Å²) in [4.78, 5) is 5.54. The summed E-state index contributed by atoms with van der Waals surface area (Å²) in [7, 11) is 0. The number of piperidine rings is 1. The molecular formula is C14H16ClN3OS. The number of thioether (sulfide) groups is 1. The van der Waals surface area contributed by atoms with Crippen LogP contribution in [0.1, 0.15) is 30.5 Å². The Labute approximate surface area is 127 Å². The fraction of sp³-hybridized carbons (Fsp3) is 0.429. The lowest BCUT2D eigenvalue weighted by Gasteiger charge is -2.18. The first-order valence-corrected chi connectivity index (χ1v) is 8.10. The Balaban J connectivity index is 1.61. The van der Waals surface area contributed by atoms with Crippen LogP contribution in [0.5, 0.6) is 0 Å². The molecule has 0 amide bonds. The van der Waals surface area contributed by atoms with Crippen LogP contribution < -0.4 is 5.32 Å². The van der Waals surface area contributed by atoms with E-state index in [0.29, 0.717) is 11.7 Å². The zero-order chi connectivity index (χ0) is 13.8. The van der Waals surface area contributed by atoms with Gasteiger partial charge in [0.15, 0.2) is 5.82 Å². The molecule has 106 valence electrons. The molecule has 1 aliphatic heterocycles. The lowest BCUT2D eigenvalue weighted by atomic mass is 10.00. The first kappa shape index (κ1) is 13.9. The van der Waals surface area contributed by atoms with Gasteiger partial charge < -0.3 is 9.84 Å². The number of nitrogens with zero attached hydrogens (tertiary/aromatic N) is 2. The minimum atomic E-state index is 0.357. The summed E-state index contributed by atoms with van der Waals surface area (Å²) >= 11 is 7.75. The molecule has 1 N–H and O–H groups in total. The van der Waals surface area contributed by atoms with Gasteiger partial charge in [-0.2, -0.15) is 4.98 Å². The van der Waals surface area contributed by atoms with Gasteiger partial charge in [0.2, 0.25) is 5.89 Å². The van der Waals surface area contributed by atoms with Crippen LogP contribution in [0, 0.1) is 0 Å². The third-order valence-corrected chi connectivity index (χ3v) is 4.83. The van der Waals surface area contributed by atoms with Crippen molar-refractivity contribution in [2.24, 2.45) is 0 Å². The van der Waals surface area contributed by atoms with E-state index in [0.717, 1.165) is 47.6 Å². The number of nitrogens with one attached hydrogen (secondary N) is 1. The fourth-order valence-corrected chi connectivity index (χ4v) is 3.34. The van der Waals surface area contributed by atoms with Gasteiger partial charge >= 0.3 is 0 Å². The molecule has 0 unspecified atom stereocenters. The Morgan fingerprint density at radius 3 is 3.10 bits per heavy atom. The van der Waals surface area contributed by atoms with Gasteiger partial charge in [0.25, 0.3) is 0 Å². The van der Waals surface area contributed by atoms with E-state index in [-0.39, 0.29) is 0 Å². The summed E-state index contributed by atoms with van der Waals surface area (Å²) in [5.41, 5.74) is 0. The minimum Gasteiger partial charge on any atom is -0.339 e. The first-order chi connectivity index (χ1) is 9.83. The Morgan fingerprint density at radius 1 is 1.40 bits per heavy atom. The van der Waals surface area contributed by atoms with Crippen LogP contribution in [0.4, 0.5) is 0 Å². The van der Waals surface area contributed by atoms with Crippen LogP contribution in [0.2, 0.25) is 5.02 Å². The van der Waals surface area contributed by atoms with Crippen molar-refractivity contribution < 1.29 is 4.52 Å². The van der Waals surface area contributed by atoms with Crippen molar-refractivity contribution in [2.75, 3.05) is 13.1 Å². The molecule has 1 aromatic heterocycles. The molecule has 1 aromatic carbocycles. The predicted octanol–water partition coefficient (Wildman–Crippen LogP) is 3.48. The van der Waals surface area contributed by atoms with Crippen LogP contribution in [0.25, 0.3) is 0 Å². The van der Waals surface area contributed by atoms with E-state index in [1.807, 2.05) is 24.3 Å². The first-order valence-electron chi connectivity index (χ1n) is 6.73. The summed E-state index contributed by atoms with van der Waals surface area (Å²) in [5.74, 6) is 2.52. The molecule has 1 fully saturated rings. The summed E-state index contributed by atoms with van der Waals surface area (Å²) in [6.07, 6.45) is 2.28. The summed E-state index contributed by atoms with van der Waals surface area (Å²) in [5, 5.41) is 8.18. The molecule has 4 nitrogen and oxygen atoms in total. The molecule has 6 heteroatoms. The molecule has 0 spiro atoms. The van der Waals surface area contributed by atoms with Gasteiger partial charge in [0.05, 0.1) is 16.7 Å². The average Bonchev–Trinajstić information content (AvgIpc) is 2.96. The zero-order valence-corrected chi connectivity index (χ0v) is 12.6. The highest BCUT2D eigenvalue weighted by atomic mass is 35.5. The molecule has 2 heterocycles. The van der Waals surface area contributed by atoms with Gasteiger partial charge in [-0.25, -0.2) is 0 Å². The number of benzene rings is 1. The van der Waals surface area contributed by atoms with E-state index < -0.39 is 0 Å². The average molecular weight is 310 g/mol. The number of aromatic nitrogens is 2. The van der Waals surface area contributed by atoms with Crippen molar-refractivity contribution in [2.45, 2.75) is 29.4 Å². The van der Waals surface area contributed by atoms with Gasteiger partial charge in [0, 0.05) is 11.4 Å². The van der Waals surface area contributed by atoms with E-state index in [9.17, 15) is 0 Å². The molecule has 0 radical (unpaired) electrons. The predicted molar refractivity (Wildman–Crippen MR) is 80.2 cm³/mol. The summed E-state index contributed by atoms with van der Waals surface area (Å²) in [6, 6.07) is 7.79. The molecule has 20 heavy (non-hydrogen) atoms. The molecule has 1 atom stereocenters. The van der Waals surface area contributed by atoms with Crippen molar-refractivity contribution in [3.63, 3.8) is 0 Å². The van der Waals surface area contributed by atoms with Gasteiger partial charge in [-0.1, -0.05) is 28.9 Å². The third-order valence-electron chi connectivity index (χ3n) is 3.32.